The van der Waals surface area contributed by atoms with E-state index >= 15 is 0 Å². The van der Waals surface area contributed by atoms with Crippen LogP contribution in [0.1, 0.15) is 6.42 Å². The number of rotatable bonds is 2. The van der Waals surface area contributed by atoms with Gasteiger partial charge in [-0.15, -0.1) is 6.54 Å². The summed E-state index contributed by atoms with van der Waals surface area (Å²) >= 11 is 0. The summed E-state index contributed by atoms with van der Waals surface area (Å²) in [4.78, 5) is 10.1. The van der Waals surface area contributed by atoms with Crippen LogP contribution in [0.4, 0.5) is 0 Å². The number of carbonyl (C=O) groups is 1. The molecular weight excluding hydrogens is 304 g/mol. The molecule has 64 valence electrons. The number of hydrogen-bond donors (Lipinski definition) is 0. The molecule has 11 heavy (non-hydrogen) atoms. The van der Waals surface area contributed by atoms with Crippen LogP contribution in [0.3, 0.4) is 0 Å². The van der Waals surface area contributed by atoms with Gasteiger partial charge in [-0.1, -0.05) is 0 Å². The van der Waals surface area contributed by atoms with E-state index in [1.165, 1.54) is 7.11 Å². The molecule has 0 saturated heterocycles. The molecule has 0 aromatic heterocycles. The number of ether oxygens (including phenoxy) is 1. The second-order valence-corrected chi connectivity index (χ2v) is 1.08. The van der Waals surface area contributed by atoms with Crippen LogP contribution in [-0.2, 0) is 74.9 Å². The summed E-state index contributed by atoms with van der Waals surface area (Å²) in [7, 11) is 1.32. The van der Waals surface area contributed by atoms with Crippen LogP contribution in [0.5, 0.6) is 0 Å². The Morgan fingerprint density at radius 3 is 1.82 bits per heavy atom. The first-order valence-corrected chi connectivity index (χ1v) is 2.02. The summed E-state index contributed by atoms with van der Waals surface area (Å²) in [5, 5.41) is 0. The third kappa shape index (κ3) is 24.6. The van der Waals surface area contributed by atoms with Crippen LogP contribution in [-0.4, -0.2) is 30.6 Å². The Labute approximate surface area is 116 Å². The van der Waals surface area contributed by atoms with Crippen molar-refractivity contribution in [3.8, 4) is 0 Å². The Hall–Kier alpha value is 1.56. The summed E-state index contributed by atoms with van der Waals surface area (Å²) in [6, 6.07) is 0. The molecule has 0 aliphatic rings. The van der Waals surface area contributed by atoms with Crippen molar-refractivity contribution in [3.05, 3.63) is 5.73 Å². The molecule has 0 spiro atoms. The van der Waals surface area contributed by atoms with Crippen LogP contribution in [0.25, 0.3) is 5.73 Å². The third-order valence-electron chi connectivity index (χ3n) is 0.557. The topological polar surface area (TPSA) is 113 Å². The first-order valence-electron chi connectivity index (χ1n) is 2.02. The fourth-order valence-electron chi connectivity index (χ4n) is 0.204. The molecule has 0 aliphatic carbocycles. The molecular formula is C4H12NO4Y2-. The van der Waals surface area contributed by atoms with Crippen molar-refractivity contribution in [2.75, 3.05) is 13.7 Å². The largest absolute Gasteiger partial charge is 0.677 e. The normalized spacial score (nSPS) is 5.27. The van der Waals surface area contributed by atoms with E-state index in [4.69, 9.17) is 5.73 Å². The maximum Gasteiger partial charge on any atom is 0.303 e. The zero-order chi connectivity index (χ0) is 5.70. The number of carbonyl (C=O) groups excluding carboxylic acids is 1. The second kappa shape index (κ2) is 22.6. The minimum absolute atomic E-state index is 0. The maximum absolute atomic E-state index is 10.1. The van der Waals surface area contributed by atoms with E-state index in [0.29, 0.717) is 0 Å². The SMILES string of the molecule is COC(=O)CC[NH-].O.O.[Y].[Y]. The van der Waals surface area contributed by atoms with Crippen LogP contribution < -0.4 is 0 Å². The van der Waals surface area contributed by atoms with E-state index in [0.717, 1.165) is 0 Å². The molecule has 0 rings (SSSR count). The standard InChI is InChI=1S/C4H8NO2.2H2O.2Y/c1-7-4(6)2-3-5;;;;/h5H,2-3H2,1H3;2*1H2;;/q-1;;;;. The van der Waals surface area contributed by atoms with Crippen LogP contribution in [0.15, 0.2) is 0 Å². The Morgan fingerprint density at radius 2 is 1.73 bits per heavy atom. The van der Waals surface area contributed by atoms with E-state index in [-0.39, 0.29) is 95.3 Å². The molecule has 5 nitrogen and oxygen atoms in total. The van der Waals surface area contributed by atoms with E-state index < -0.39 is 0 Å². The average Bonchev–Trinajstić information content (AvgIpc) is 1.68. The summed E-state index contributed by atoms with van der Waals surface area (Å²) in [6.07, 6.45) is 0.205. The van der Waals surface area contributed by atoms with Gasteiger partial charge >= 0.3 is 5.97 Å². The van der Waals surface area contributed by atoms with Gasteiger partial charge in [-0.25, -0.2) is 0 Å². The smallest absolute Gasteiger partial charge is 0.303 e. The monoisotopic (exact) mass is 316 g/mol. The van der Waals surface area contributed by atoms with Gasteiger partial charge in [0, 0.05) is 71.8 Å². The molecule has 0 amide bonds. The molecule has 0 saturated carbocycles. The van der Waals surface area contributed by atoms with Crippen molar-refractivity contribution in [2.24, 2.45) is 0 Å². The minimum Gasteiger partial charge on any atom is -0.677 e. The van der Waals surface area contributed by atoms with Crippen molar-refractivity contribution in [2.45, 2.75) is 6.42 Å². The van der Waals surface area contributed by atoms with Crippen LogP contribution in [0.2, 0.25) is 0 Å². The van der Waals surface area contributed by atoms with Crippen molar-refractivity contribution in [3.63, 3.8) is 0 Å². The molecule has 2 radical (unpaired) electrons. The van der Waals surface area contributed by atoms with E-state index in [1.807, 2.05) is 0 Å². The van der Waals surface area contributed by atoms with Crippen LogP contribution in [0, 0.1) is 0 Å². The summed E-state index contributed by atoms with van der Waals surface area (Å²) in [5.74, 6) is -0.310. The Balaban J connectivity index is -0.0000000300. The van der Waals surface area contributed by atoms with Crippen LogP contribution >= 0.6 is 0 Å². The third-order valence-corrected chi connectivity index (χ3v) is 0.557. The Kier molecular flexibility index (Phi) is 60.2. The molecule has 0 aromatic rings. The van der Waals surface area contributed by atoms with Crippen molar-refractivity contribution in [1.82, 2.24) is 0 Å². The van der Waals surface area contributed by atoms with E-state index in [9.17, 15) is 4.79 Å². The predicted molar refractivity (Wildman–Crippen MR) is 33.0 cm³/mol. The van der Waals surface area contributed by atoms with Gasteiger partial charge in [0.1, 0.15) is 0 Å². The zero-order valence-electron chi connectivity index (χ0n) is 6.39. The van der Waals surface area contributed by atoms with E-state index in [2.05, 4.69) is 4.74 Å². The molecule has 0 atom stereocenters. The summed E-state index contributed by atoms with van der Waals surface area (Å²) < 4.78 is 4.23. The van der Waals surface area contributed by atoms with Gasteiger partial charge in [0.25, 0.3) is 0 Å². The Bertz CT molecular complexity index is 73.1. The molecule has 0 unspecified atom stereocenters. The molecule has 0 heterocycles. The van der Waals surface area contributed by atoms with Crippen molar-refractivity contribution >= 4 is 5.97 Å². The molecule has 0 aliphatic heterocycles. The Morgan fingerprint density at radius 1 is 1.36 bits per heavy atom. The zero-order valence-corrected chi connectivity index (χ0v) is 12.1. The molecule has 0 aromatic carbocycles. The fourth-order valence-corrected chi connectivity index (χ4v) is 0.204. The van der Waals surface area contributed by atoms with Gasteiger partial charge in [0.05, 0.1) is 7.11 Å². The number of esters is 1. The average molecular weight is 316 g/mol. The quantitative estimate of drug-likeness (QED) is 0.605. The second-order valence-electron chi connectivity index (χ2n) is 1.08. The fraction of sp³-hybridized carbons (Fsp3) is 0.750. The molecule has 5 N–H and O–H groups in total. The van der Waals surface area contributed by atoms with Gasteiger partial charge in [-0.05, 0) is 0 Å². The number of methoxy groups -OCH3 is 1. The van der Waals surface area contributed by atoms with Crippen molar-refractivity contribution in [1.29, 1.82) is 0 Å². The summed E-state index contributed by atoms with van der Waals surface area (Å²) in [5.41, 5.74) is 6.54. The van der Waals surface area contributed by atoms with Gasteiger partial charge in [0.2, 0.25) is 0 Å². The van der Waals surface area contributed by atoms with Gasteiger partial charge in [0.15, 0.2) is 0 Å². The van der Waals surface area contributed by atoms with Gasteiger partial charge < -0.3 is 21.4 Å². The van der Waals surface area contributed by atoms with Gasteiger partial charge in [-0.3, -0.25) is 4.79 Å². The van der Waals surface area contributed by atoms with Crippen molar-refractivity contribution < 1.29 is 85.9 Å². The van der Waals surface area contributed by atoms with Gasteiger partial charge in [-0.2, -0.15) is 0 Å². The molecule has 7 heteroatoms. The molecule has 0 bridgehead atoms. The number of nitrogens with one attached hydrogen (secondary N) is 1. The predicted octanol–water partition coefficient (Wildman–Crippen LogP) is -1.05. The first-order chi connectivity index (χ1) is 3.31. The maximum atomic E-state index is 10.1. The minimum atomic E-state index is -0.310. The molecule has 0 fully saturated rings. The first kappa shape index (κ1) is 29.4. The van der Waals surface area contributed by atoms with E-state index in [1.54, 1.807) is 0 Å². The number of hydrogen-bond acceptors (Lipinski definition) is 2. The summed E-state index contributed by atoms with van der Waals surface area (Å²) in [6.45, 7) is 0.118.